The summed E-state index contributed by atoms with van der Waals surface area (Å²) in [5.41, 5.74) is 0. The third-order valence-electron chi connectivity index (χ3n) is 2.30. The van der Waals surface area contributed by atoms with Crippen molar-refractivity contribution in [2.45, 2.75) is 32.5 Å². The van der Waals surface area contributed by atoms with Gasteiger partial charge in [-0.25, -0.2) is 21.1 Å². The van der Waals surface area contributed by atoms with E-state index >= 15 is 0 Å². The summed E-state index contributed by atoms with van der Waals surface area (Å²) in [4.78, 5) is 0. The molecular formula is C10H23NO5S2. The Morgan fingerprint density at radius 2 is 1.61 bits per heavy atom. The molecule has 0 aromatic rings. The SMILES string of the molecule is CC(C)O[C@@H](CCS(C)(=O)=O)CN(C)S(C)(=O)=O. The minimum atomic E-state index is -3.28. The molecule has 0 aliphatic rings. The molecule has 0 unspecified atom stereocenters. The molecule has 0 aromatic carbocycles. The molecule has 0 saturated carbocycles. The van der Waals surface area contributed by atoms with E-state index in [2.05, 4.69) is 0 Å². The minimum Gasteiger partial charge on any atom is -0.374 e. The zero-order valence-electron chi connectivity index (χ0n) is 11.6. The van der Waals surface area contributed by atoms with Crippen molar-refractivity contribution in [3.63, 3.8) is 0 Å². The van der Waals surface area contributed by atoms with Crippen molar-refractivity contribution < 1.29 is 21.6 Å². The smallest absolute Gasteiger partial charge is 0.211 e. The number of likely N-dealkylation sites (N-methyl/N-ethyl adjacent to an activating group) is 1. The molecule has 110 valence electrons. The summed E-state index contributed by atoms with van der Waals surface area (Å²) in [6.45, 7) is 3.81. The Labute approximate surface area is 110 Å². The number of ether oxygens (including phenoxy) is 1. The van der Waals surface area contributed by atoms with Crippen molar-refractivity contribution in [2.24, 2.45) is 0 Å². The van der Waals surface area contributed by atoms with Gasteiger partial charge in [-0.05, 0) is 20.3 Å². The first kappa shape index (κ1) is 17.8. The van der Waals surface area contributed by atoms with Crippen LogP contribution in [0.25, 0.3) is 0 Å². The zero-order chi connectivity index (χ0) is 14.6. The largest absolute Gasteiger partial charge is 0.374 e. The van der Waals surface area contributed by atoms with Gasteiger partial charge in [0.2, 0.25) is 10.0 Å². The van der Waals surface area contributed by atoms with E-state index < -0.39 is 26.0 Å². The summed E-state index contributed by atoms with van der Waals surface area (Å²) in [6.07, 6.45) is 2.05. The number of hydrogen-bond donors (Lipinski definition) is 0. The molecular weight excluding hydrogens is 278 g/mol. The van der Waals surface area contributed by atoms with Crippen LogP contribution in [0.15, 0.2) is 0 Å². The van der Waals surface area contributed by atoms with Gasteiger partial charge in [-0.1, -0.05) is 0 Å². The molecule has 0 radical (unpaired) electrons. The molecule has 0 aliphatic carbocycles. The van der Waals surface area contributed by atoms with Crippen molar-refractivity contribution in [2.75, 3.05) is 31.9 Å². The summed E-state index contributed by atoms with van der Waals surface area (Å²) in [6, 6.07) is 0. The van der Waals surface area contributed by atoms with Crippen LogP contribution >= 0.6 is 0 Å². The second-order valence-electron chi connectivity index (χ2n) is 4.77. The number of sulfonamides is 1. The maximum Gasteiger partial charge on any atom is 0.211 e. The van der Waals surface area contributed by atoms with E-state index in [-0.39, 0.29) is 24.8 Å². The van der Waals surface area contributed by atoms with Crippen molar-refractivity contribution >= 4 is 19.9 Å². The van der Waals surface area contributed by atoms with Gasteiger partial charge in [0, 0.05) is 19.8 Å². The third-order valence-corrected chi connectivity index (χ3v) is 4.56. The fraction of sp³-hybridized carbons (Fsp3) is 1.00. The van der Waals surface area contributed by atoms with Crippen LogP contribution in [0, 0.1) is 0 Å². The van der Waals surface area contributed by atoms with Crippen LogP contribution in [-0.2, 0) is 24.6 Å². The zero-order valence-corrected chi connectivity index (χ0v) is 13.2. The molecule has 0 N–H and O–H groups in total. The molecule has 0 saturated heterocycles. The second-order valence-corrected chi connectivity index (χ2v) is 9.12. The summed E-state index contributed by atoms with van der Waals surface area (Å²) >= 11 is 0. The number of rotatable bonds is 8. The van der Waals surface area contributed by atoms with Crippen LogP contribution < -0.4 is 0 Å². The Balaban J connectivity index is 4.59. The van der Waals surface area contributed by atoms with Gasteiger partial charge >= 0.3 is 0 Å². The van der Waals surface area contributed by atoms with E-state index in [1.54, 1.807) is 0 Å². The Morgan fingerprint density at radius 1 is 1.11 bits per heavy atom. The summed E-state index contributed by atoms with van der Waals surface area (Å²) in [5.74, 6) is -0.0119. The lowest BCUT2D eigenvalue weighted by atomic mass is 10.2. The Kier molecular flexibility index (Phi) is 6.77. The lowest BCUT2D eigenvalue weighted by Crippen LogP contribution is -2.37. The normalized spacial score (nSPS) is 15.3. The topological polar surface area (TPSA) is 80.8 Å². The molecule has 0 bridgehead atoms. The molecule has 0 aliphatic heterocycles. The van der Waals surface area contributed by atoms with Gasteiger partial charge in [-0.2, -0.15) is 0 Å². The second kappa shape index (κ2) is 6.83. The quantitative estimate of drug-likeness (QED) is 0.635. The monoisotopic (exact) mass is 301 g/mol. The average molecular weight is 301 g/mol. The molecule has 18 heavy (non-hydrogen) atoms. The Morgan fingerprint density at radius 3 is 1.94 bits per heavy atom. The predicted octanol–water partition coefficient (Wildman–Crippen LogP) is 0.106. The Bertz CT molecular complexity index is 441. The minimum absolute atomic E-state index is 0.0119. The summed E-state index contributed by atoms with van der Waals surface area (Å²) in [7, 11) is -4.91. The number of hydrogen-bond acceptors (Lipinski definition) is 5. The van der Waals surface area contributed by atoms with Gasteiger partial charge in [0.15, 0.2) is 0 Å². The molecule has 6 nitrogen and oxygen atoms in total. The van der Waals surface area contributed by atoms with Crippen LogP contribution in [-0.4, -0.2) is 65.2 Å². The van der Waals surface area contributed by atoms with E-state index in [0.29, 0.717) is 0 Å². The van der Waals surface area contributed by atoms with Gasteiger partial charge in [0.05, 0.1) is 24.2 Å². The van der Waals surface area contributed by atoms with E-state index in [4.69, 9.17) is 4.74 Å². The van der Waals surface area contributed by atoms with E-state index in [1.807, 2.05) is 13.8 Å². The van der Waals surface area contributed by atoms with E-state index in [0.717, 1.165) is 12.5 Å². The molecule has 1 atom stereocenters. The molecule has 0 fully saturated rings. The van der Waals surface area contributed by atoms with Gasteiger partial charge in [-0.3, -0.25) is 0 Å². The van der Waals surface area contributed by atoms with Gasteiger partial charge in [-0.15, -0.1) is 0 Å². The maximum absolute atomic E-state index is 11.3. The van der Waals surface area contributed by atoms with Gasteiger partial charge in [0.1, 0.15) is 9.84 Å². The molecule has 0 amide bonds. The van der Waals surface area contributed by atoms with Crippen LogP contribution in [0.5, 0.6) is 0 Å². The van der Waals surface area contributed by atoms with Crippen LogP contribution in [0.3, 0.4) is 0 Å². The first-order chi connectivity index (χ1) is 7.92. The highest BCUT2D eigenvalue weighted by Gasteiger charge is 2.20. The predicted molar refractivity (Wildman–Crippen MR) is 71.8 cm³/mol. The van der Waals surface area contributed by atoms with Crippen molar-refractivity contribution in [3.8, 4) is 0 Å². The standard InChI is InChI=1S/C10H23NO5S2/c1-9(2)16-10(6-7-17(4,12)13)8-11(3)18(5,14)15/h9-10H,6-8H2,1-5H3/t10-/m0/s1. The average Bonchev–Trinajstić information content (AvgIpc) is 2.10. The number of sulfone groups is 1. The maximum atomic E-state index is 11.3. The van der Waals surface area contributed by atoms with Crippen molar-refractivity contribution in [3.05, 3.63) is 0 Å². The highest BCUT2D eigenvalue weighted by Crippen LogP contribution is 2.08. The highest BCUT2D eigenvalue weighted by molar-refractivity contribution is 7.90. The fourth-order valence-electron chi connectivity index (χ4n) is 1.35. The highest BCUT2D eigenvalue weighted by atomic mass is 32.2. The van der Waals surface area contributed by atoms with Crippen molar-refractivity contribution in [1.82, 2.24) is 4.31 Å². The lowest BCUT2D eigenvalue weighted by Gasteiger charge is -2.24. The van der Waals surface area contributed by atoms with E-state index in [9.17, 15) is 16.8 Å². The molecule has 0 heterocycles. The van der Waals surface area contributed by atoms with Crippen molar-refractivity contribution in [1.29, 1.82) is 0 Å². The first-order valence-electron chi connectivity index (χ1n) is 5.66. The fourth-order valence-corrected chi connectivity index (χ4v) is 2.48. The molecule has 0 aromatic heterocycles. The van der Waals surface area contributed by atoms with Crippen LogP contribution in [0.2, 0.25) is 0 Å². The van der Waals surface area contributed by atoms with E-state index in [1.165, 1.54) is 11.4 Å². The van der Waals surface area contributed by atoms with Crippen LogP contribution in [0.1, 0.15) is 20.3 Å². The third kappa shape index (κ3) is 8.84. The Hall–Kier alpha value is -0.180. The molecule has 8 heteroatoms. The lowest BCUT2D eigenvalue weighted by molar-refractivity contribution is -0.000397. The first-order valence-corrected chi connectivity index (χ1v) is 9.57. The molecule has 0 spiro atoms. The van der Waals surface area contributed by atoms with Gasteiger partial charge in [0.25, 0.3) is 0 Å². The van der Waals surface area contributed by atoms with Gasteiger partial charge < -0.3 is 4.74 Å². The summed E-state index contributed by atoms with van der Waals surface area (Å²) in [5, 5.41) is 0. The molecule has 0 rings (SSSR count). The summed E-state index contributed by atoms with van der Waals surface area (Å²) < 4.78 is 51.6. The van der Waals surface area contributed by atoms with Crippen LogP contribution in [0.4, 0.5) is 0 Å². The number of nitrogens with zero attached hydrogens (tertiary/aromatic N) is 1.